The molecule has 144 valence electrons. The normalized spacial score (nSPS) is 12.8. The van der Waals surface area contributed by atoms with Crippen LogP contribution < -0.4 is 0 Å². The summed E-state index contributed by atoms with van der Waals surface area (Å²) in [6, 6.07) is 22.4. The summed E-state index contributed by atoms with van der Waals surface area (Å²) >= 11 is 3.68. The fraction of sp³-hybridized carbons (Fsp3) is 0.308. The number of fused-ring (bicyclic) bond motifs is 3. The maximum atomic E-state index is 3.68. The Morgan fingerprint density at radius 3 is 1.82 bits per heavy atom. The zero-order valence-electron chi connectivity index (χ0n) is 17.6. The zero-order valence-corrected chi connectivity index (χ0v) is 19.2. The standard InChI is InChI=1S/C26H28BrN/c1-25(2,3)17-13-18(26(4,5)6)15-20(14-17)28-23-10-8-7-9-21(23)22-12-11-19(27)16-24(22)28/h7-16H,1-6H3. The number of para-hydroxylation sites is 1. The quantitative estimate of drug-likeness (QED) is 0.285. The van der Waals surface area contributed by atoms with Crippen LogP contribution in [0.25, 0.3) is 27.5 Å². The Hall–Kier alpha value is -2.06. The molecular weight excluding hydrogens is 406 g/mol. The molecular formula is C26H28BrN. The SMILES string of the molecule is CC(C)(C)c1cc(-n2c3ccccc3c3ccc(Br)cc32)cc(C(C)(C)C)c1. The van der Waals surface area contributed by atoms with Gasteiger partial charge in [-0.25, -0.2) is 0 Å². The van der Waals surface area contributed by atoms with Gasteiger partial charge in [-0.1, -0.05) is 87.8 Å². The molecule has 1 heterocycles. The van der Waals surface area contributed by atoms with Gasteiger partial charge in [0.2, 0.25) is 0 Å². The number of hydrogen-bond donors (Lipinski definition) is 0. The Morgan fingerprint density at radius 1 is 0.643 bits per heavy atom. The molecule has 0 atom stereocenters. The van der Waals surface area contributed by atoms with Crippen LogP contribution in [0.2, 0.25) is 0 Å². The van der Waals surface area contributed by atoms with E-state index in [1.807, 2.05) is 0 Å². The molecule has 2 heteroatoms. The van der Waals surface area contributed by atoms with Gasteiger partial charge < -0.3 is 4.57 Å². The average molecular weight is 434 g/mol. The summed E-state index contributed by atoms with van der Waals surface area (Å²) in [5, 5.41) is 2.58. The summed E-state index contributed by atoms with van der Waals surface area (Å²) in [7, 11) is 0. The molecule has 0 saturated carbocycles. The van der Waals surface area contributed by atoms with Crippen molar-refractivity contribution >= 4 is 37.7 Å². The predicted molar refractivity (Wildman–Crippen MR) is 126 cm³/mol. The summed E-state index contributed by atoms with van der Waals surface area (Å²) in [4.78, 5) is 0. The Balaban J connectivity index is 2.14. The van der Waals surface area contributed by atoms with Gasteiger partial charge >= 0.3 is 0 Å². The first-order valence-electron chi connectivity index (χ1n) is 9.91. The molecule has 0 N–H and O–H groups in total. The van der Waals surface area contributed by atoms with Crippen molar-refractivity contribution in [2.45, 2.75) is 52.4 Å². The molecule has 1 aromatic heterocycles. The molecule has 4 aromatic rings. The topological polar surface area (TPSA) is 4.93 Å². The van der Waals surface area contributed by atoms with E-state index in [0.29, 0.717) is 0 Å². The van der Waals surface area contributed by atoms with Crippen molar-refractivity contribution in [3.05, 3.63) is 76.3 Å². The molecule has 3 aromatic carbocycles. The first-order valence-corrected chi connectivity index (χ1v) is 10.7. The van der Waals surface area contributed by atoms with Crippen molar-refractivity contribution in [3.8, 4) is 5.69 Å². The van der Waals surface area contributed by atoms with Gasteiger partial charge in [-0.05, 0) is 52.3 Å². The van der Waals surface area contributed by atoms with Crippen molar-refractivity contribution in [1.29, 1.82) is 0 Å². The molecule has 28 heavy (non-hydrogen) atoms. The van der Waals surface area contributed by atoms with Gasteiger partial charge in [0, 0.05) is 20.9 Å². The molecule has 0 aliphatic heterocycles. The average Bonchev–Trinajstić information content (AvgIpc) is 2.93. The van der Waals surface area contributed by atoms with Crippen molar-refractivity contribution < 1.29 is 0 Å². The third kappa shape index (κ3) is 3.28. The number of aromatic nitrogens is 1. The van der Waals surface area contributed by atoms with Crippen LogP contribution in [0.1, 0.15) is 52.7 Å². The molecule has 0 amide bonds. The van der Waals surface area contributed by atoms with Crippen LogP contribution in [0.5, 0.6) is 0 Å². The van der Waals surface area contributed by atoms with E-state index in [9.17, 15) is 0 Å². The van der Waals surface area contributed by atoms with Gasteiger partial charge in [-0.2, -0.15) is 0 Å². The fourth-order valence-corrected chi connectivity index (χ4v) is 4.18. The van der Waals surface area contributed by atoms with Crippen molar-refractivity contribution in [2.75, 3.05) is 0 Å². The number of nitrogens with zero attached hydrogens (tertiary/aromatic N) is 1. The second kappa shape index (κ2) is 6.49. The van der Waals surface area contributed by atoms with Gasteiger partial charge in [0.25, 0.3) is 0 Å². The summed E-state index contributed by atoms with van der Waals surface area (Å²) in [5.74, 6) is 0. The lowest BCUT2D eigenvalue weighted by Gasteiger charge is -2.26. The highest BCUT2D eigenvalue weighted by Gasteiger charge is 2.22. The molecule has 4 rings (SSSR count). The van der Waals surface area contributed by atoms with E-state index in [4.69, 9.17) is 0 Å². The molecule has 0 bridgehead atoms. The lowest BCUT2D eigenvalue weighted by molar-refractivity contribution is 0.568. The lowest BCUT2D eigenvalue weighted by atomic mass is 9.80. The molecule has 0 radical (unpaired) electrons. The Morgan fingerprint density at radius 2 is 1.21 bits per heavy atom. The second-order valence-corrected chi connectivity index (χ2v) is 10.7. The molecule has 0 aliphatic rings. The number of rotatable bonds is 1. The van der Waals surface area contributed by atoms with Crippen LogP contribution >= 0.6 is 15.9 Å². The van der Waals surface area contributed by atoms with E-state index in [-0.39, 0.29) is 10.8 Å². The van der Waals surface area contributed by atoms with Gasteiger partial charge in [0.05, 0.1) is 11.0 Å². The van der Waals surface area contributed by atoms with Crippen molar-refractivity contribution in [3.63, 3.8) is 0 Å². The van der Waals surface area contributed by atoms with Crippen LogP contribution in [0.3, 0.4) is 0 Å². The highest BCUT2D eigenvalue weighted by atomic mass is 79.9. The first-order chi connectivity index (χ1) is 13.1. The maximum Gasteiger partial charge on any atom is 0.0552 e. The van der Waals surface area contributed by atoms with Crippen LogP contribution in [0, 0.1) is 0 Å². The summed E-state index contributed by atoms with van der Waals surface area (Å²) < 4.78 is 3.52. The smallest absolute Gasteiger partial charge is 0.0552 e. The van der Waals surface area contributed by atoms with E-state index in [2.05, 4.69) is 123 Å². The van der Waals surface area contributed by atoms with Crippen LogP contribution in [-0.2, 0) is 10.8 Å². The van der Waals surface area contributed by atoms with Crippen LogP contribution in [0.4, 0.5) is 0 Å². The number of halogens is 1. The Kier molecular flexibility index (Phi) is 4.46. The van der Waals surface area contributed by atoms with E-state index in [0.717, 1.165) is 4.47 Å². The summed E-state index contributed by atoms with van der Waals surface area (Å²) in [6.45, 7) is 13.8. The summed E-state index contributed by atoms with van der Waals surface area (Å²) in [5.41, 5.74) is 6.65. The third-order valence-electron chi connectivity index (χ3n) is 5.54. The van der Waals surface area contributed by atoms with Gasteiger partial charge in [-0.15, -0.1) is 0 Å². The van der Waals surface area contributed by atoms with Crippen molar-refractivity contribution in [2.24, 2.45) is 0 Å². The predicted octanol–water partition coefficient (Wildman–Crippen LogP) is 8.14. The molecule has 0 spiro atoms. The van der Waals surface area contributed by atoms with Crippen molar-refractivity contribution in [1.82, 2.24) is 4.57 Å². The molecule has 0 aliphatic carbocycles. The third-order valence-corrected chi connectivity index (χ3v) is 6.04. The maximum absolute atomic E-state index is 3.68. The van der Waals surface area contributed by atoms with E-state index in [1.165, 1.54) is 38.6 Å². The highest BCUT2D eigenvalue weighted by Crippen LogP contribution is 2.37. The van der Waals surface area contributed by atoms with Crippen LogP contribution in [-0.4, -0.2) is 4.57 Å². The summed E-state index contributed by atoms with van der Waals surface area (Å²) in [6.07, 6.45) is 0. The minimum atomic E-state index is 0.0926. The van der Waals surface area contributed by atoms with Gasteiger partial charge in [0.1, 0.15) is 0 Å². The molecule has 0 saturated heterocycles. The lowest BCUT2D eigenvalue weighted by Crippen LogP contribution is -2.17. The first kappa shape index (κ1) is 19.3. The monoisotopic (exact) mass is 433 g/mol. The minimum Gasteiger partial charge on any atom is -0.309 e. The van der Waals surface area contributed by atoms with E-state index >= 15 is 0 Å². The minimum absolute atomic E-state index is 0.0926. The molecule has 0 fully saturated rings. The Bertz CT molecular complexity index is 1150. The zero-order chi connectivity index (χ0) is 20.3. The largest absolute Gasteiger partial charge is 0.309 e. The van der Waals surface area contributed by atoms with Crippen LogP contribution in [0.15, 0.2) is 65.1 Å². The molecule has 1 nitrogen and oxygen atoms in total. The fourth-order valence-electron chi connectivity index (χ4n) is 3.83. The second-order valence-electron chi connectivity index (χ2n) is 9.78. The van der Waals surface area contributed by atoms with Gasteiger partial charge in [-0.3, -0.25) is 0 Å². The Labute approximate surface area is 176 Å². The van der Waals surface area contributed by atoms with Gasteiger partial charge in [0.15, 0.2) is 0 Å². The highest BCUT2D eigenvalue weighted by molar-refractivity contribution is 9.10. The van der Waals surface area contributed by atoms with E-state index < -0.39 is 0 Å². The van der Waals surface area contributed by atoms with E-state index in [1.54, 1.807) is 0 Å². The number of benzene rings is 3. The number of hydrogen-bond acceptors (Lipinski definition) is 0. The molecule has 0 unspecified atom stereocenters.